The predicted molar refractivity (Wildman–Crippen MR) is 104 cm³/mol. The lowest BCUT2D eigenvalue weighted by molar-refractivity contribution is 0.821. The molecule has 0 fully saturated rings. The molecule has 0 amide bonds. The molecule has 0 saturated carbocycles. The maximum atomic E-state index is 6.43. The number of nitrogens with zero attached hydrogens (tertiary/aromatic N) is 3. The van der Waals surface area contributed by atoms with Gasteiger partial charge in [-0.25, -0.2) is 9.98 Å². The van der Waals surface area contributed by atoms with Crippen molar-refractivity contribution in [1.82, 2.24) is 4.98 Å². The molecule has 0 atom stereocenters. The number of rotatable bonds is 3. The molecule has 1 aliphatic heterocycles. The first-order valence-electron chi connectivity index (χ1n) is 8.24. The van der Waals surface area contributed by atoms with Gasteiger partial charge in [-0.1, -0.05) is 35.9 Å². The number of halogens is 1. The number of hydrogen-bond donors (Lipinski definition) is 0. The molecule has 4 heteroatoms. The van der Waals surface area contributed by atoms with Gasteiger partial charge in [-0.15, -0.1) is 0 Å². The van der Waals surface area contributed by atoms with Gasteiger partial charge in [0, 0.05) is 30.1 Å². The molecule has 1 aliphatic rings. The van der Waals surface area contributed by atoms with Crippen molar-refractivity contribution in [3.8, 4) is 11.3 Å². The van der Waals surface area contributed by atoms with Gasteiger partial charge in [0.15, 0.2) is 5.82 Å². The fraction of sp³-hybridized carbons (Fsp3) is 0.300. The molecule has 0 bridgehead atoms. The van der Waals surface area contributed by atoms with Crippen LogP contribution in [-0.4, -0.2) is 23.8 Å². The second-order valence-corrected chi connectivity index (χ2v) is 6.68. The minimum atomic E-state index is 0.661. The highest BCUT2D eigenvalue weighted by atomic mass is 35.5. The molecule has 1 aromatic carbocycles. The summed E-state index contributed by atoms with van der Waals surface area (Å²) in [4.78, 5) is 11.6. The summed E-state index contributed by atoms with van der Waals surface area (Å²) in [7, 11) is 0. The Bertz CT molecular complexity index is 787. The largest absolute Gasteiger partial charge is 0.368 e. The first-order chi connectivity index (χ1) is 11.5. The van der Waals surface area contributed by atoms with E-state index >= 15 is 0 Å². The van der Waals surface area contributed by atoms with Crippen LogP contribution in [0.5, 0.6) is 0 Å². The maximum absolute atomic E-state index is 6.43. The average molecular weight is 340 g/mol. The van der Waals surface area contributed by atoms with Crippen LogP contribution in [0.1, 0.15) is 25.8 Å². The second-order valence-electron chi connectivity index (χ2n) is 6.27. The molecule has 1 aromatic heterocycles. The molecule has 0 unspecified atom stereocenters. The zero-order valence-corrected chi connectivity index (χ0v) is 15.1. The number of anilines is 1. The van der Waals surface area contributed by atoms with E-state index in [9.17, 15) is 0 Å². The van der Waals surface area contributed by atoms with Crippen molar-refractivity contribution in [2.24, 2.45) is 4.99 Å². The highest BCUT2D eigenvalue weighted by molar-refractivity contribution is 6.33. The summed E-state index contributed by atoms with van der Waals surface area (Å²) < 4.78 is 0. The normalized spacial score (nSPS) is 13.9. The van der Waals surface area contributed by atoms with Crippen LogP contribution in [0.4, 0.5) is 11.5 Å². The Labute approximate surface area is 148 Å². The molecule has 124 valence electrons. The number of aryl methyl sites for hydroxylation is 1. The number of aromatic nitrogens is 1. The van der Waals surface area contributed by atoms with Crippen molar-refractivity contribution < 1.29 is 0 Å². The van der Waals surface area contributed by atoms with Crippen LogP contribution in [0.25, 0.3) is 11.3 Å². The summed E-state index contributed by atoms with van der Waals surface area (Å²) in [5, 5.41) is 0.661. The fourth-order valence-electron chi connectivity index (χ4n) is 2.80. The molecular formula is C20H22ClN3. The first kappa shape index (κ1) is 16.7. The first-order valence-corrected chi connectivity index (χ1v) is 8.62. The van der Waals surface area contributed by atoms with Gasteiger partial charge in [0.1, 0.15) is 0 Å². The lowest BCUT2D eigenvalue weighted by atomic mass is 10.1. The van der Waals surface area contributed by atoms with Crippen molar-refractivity contribution in [3.05, 3.63) is 53.1 Å². The van der Waals surface area contributed by atoms with Crippen LogP contribution in [-0.2, 0) is 0 Å². The van der Waals surface area contributed by atoms with Gasteiger partial charge >= 0.3 is 0 Å². The topological polar surface area (TPSA) is 28.5 Å². The molecule has 3 nitrogen and oxygen atoms in total. The number of pyridine rings is 1. The number of hydrogen-bond acceptors (Lipinski definition) is 3. The third-order valence-electron chi connectivity index (χ3n) is 4.03. The third-order valence-corrected chi connectivity index (χ3v) is 4.32. The van der Waals surface area contributed by atoms with E-state index in [0.717, 1.165) is 47.9 Å². The monoisotopic (exact) mass is 339 g/mol. The SMILES string of the molecule is CC(C)=Nc1nc(-c2ccc(N3CC=CCC3)cc2)c(Cl)cc1C. The van der Waals surface area contributed by atoms with E-state index in [0.29, 0.717) is 5.02 Å². The van der Waals surface area contributed by atoms with Gasteiger partial charge in [-0.3, -0.25) is 0 Å². The van der Waals surface area contributed by atoms with Crippen LogP contribution >= 0.6 is 11.6 Å². The van der Waals surface area contributed by atoms with Crippen molar-refractivity contribution in [2.45, 2.75) is 27.2 Å². The quantitative estimate of drug-likeness (QED) is 0.538. The Morgan fingerprint density at radius 1 is 1.17 bits per heavy atom. The summed E-state index contributed by atoms with van der Waals surface area (Å²) in [5.74, 6) is 0.736. The van der Waals surface area contributed by atoms with Gasteiger partial charge < -0.3 is 4.90 Å². The minimum absolute atomic E-state index is 0.661. The Morgan fingerprint density at radius 3 is 2.54 bits per heavy atom. The molecule has 3 rings (SSSR count). The van der Waals surface area contributed by atoms with Crippen LogP contribution in [0.15, 0.2) is 47.5 Å². The highest BCUT2D eigenvalue weighted by Gasteiger charge is 2.12. The van der Waals surface area contributed by atoms with E-state index in [-0.39, 0.29) is 0 Å². The van der Waals surface area contributed by atoms with E-state index in [1.807, 2.05) is 26.8 Å². The van der Waals surface area contributed by atoms with E-state index in [1.165, 1.54) is 5.69 Å². The van der Waals surface area contributed by atoms with Crippen LogP contribution < -0.4 is 4.90 Å². The molecule has 0 N–H and O–H groups in total. The van der Waals surface area contributed by atoms with Gasteiger partial charge in [-0.05, 0) is 51.0 Å². The van der Waals surface area contributed by atoms with Crippen molar-refractivity contribution in [2.75, 3.05) is 18.0 Å². The van der Waals surface area contributed by atoms with Crippen molar-refractivity contribution >= 4 is 28.8 Å². The third kappa shape index (κ3) is 3.68. The molecule has 0 saturated heterocycles. The summed E-state index contributed by atoms with van der Waals surface area (Å²) in [5.41, 5.74) is 5.00. The lowest BCUT2D eigenvalue weighted by Crippen LogP contribution is -2.26. The van der Waals surface area contributed by atoms with Gasteiger partial charge in [0.2, 0.25) is 0 Å². The zero-order chi connectivity index (χ0) is 17.1. The Hall–Kier alpha value is -2.13. The molecule has 2 heterocycles. The molecule has 2 aromatic rings. The van der Waals surface area contributed by atoms with Gasteiger partial charge in [0.05, 0.1) is 10.7 Å². The summed E-state index contributed by atoms with van der Waals surface area (Å²) in [6.07, 6.45) is 5.55. The average Bonchev–Trinajstić information content (AvgIpc) is 2.58. The molecule has 0 aliphatic carbocycles. The van der Waals surface area contributed by atoms with E-state index < -0.39 is 0 Å². The van der Waals surface area contributed by atoms with Gasteiger partial charge in [0.25, 0.3) is 0 Å². The predicted octanol–water partition coefficient (Wildman–Crippen LogP) is 5.59. The van der Waals surface area contributed by atoms with E-state index in [1.54, 1.807) is 0 Å². The second kappa shape index (κ2) is 7.18. The Balaban J connectivity index is 1.94. The smallest absolute Gasteiger partial charge is 0.155 e. The van der Waals surface area contributed by atoms with Crippen LogP contribution in [0.3, 0.4) is 0 Å². The zero-order valence-electron chi connectivity index (χ0n) is 14.4. The lowest BCUT2D eigenvalue weighted by Gasteiger charge is -2.25. The summed E-state index contributed by atoms with van der Waals surface area (Å²) in [6, 6.07) is 10.4. The molecule has 24 heavy (non-hydrogen) atoms. The van der Waals surface area contributed by atoms with Crippen molar-refractivity contribution in [3.63, 3.8) is 0 Å². The Kier molecular flexibility index (Phi) is 5.00. The van der Waals surface area contributed by atoms with Crippen LogP contribution in [0, 0.1) is 6.92 Å². The number of benzene rings is 1. The summed E-state index contributed by atoms with van der Waals surface area (Å²) in [6.45, 7) is 7.96. The van der Waals surface area contributed by atoms with E-state index in [4.69, 9.17) is 11.6 Å². The maximum Gasteiger partial charge on any atom is 0.155 e. The van der Waals surface area contributed by atoms with E-state index in [2.05, 4.69) is 51.3 Å². The molecule has 0 radical (unpaired) electrons. The van der Waals surface area contributed by atoms with Crippen LogP contribution in [0.2, 0.25) is 5.02 Å². The number of aliphatic imine (C=N–C) groups is 1. The summed E-state index contributed by atoms with van der Waals surface area (Å²) >= 11 is 6.43. The van der Waals surface area contributed by atoms with Crippen molar-refractivity contribution in [1.29, 1.82) is 0 Å². The minimum Gasteiger partial charge on any atom is -0.368 e. The molecular weight excluding hydrogens is 318 g/mol. The van der Waals surface area contributed by atoms with Gasteiger partial charge in [-0.2, -0.15) is 0 Å². The standard InChI is InChI=1S/C20H22ClN3/c1-14(2)22-20-15(3)13-18(21)19(23-20)16-7-9-17(10-8-16)24-11-5-4-6-12-24/h4-5,7-10,13H,6,11-12H2,1-3H3. The molecule has 0 spiro atoms. The highest BCUT2D eigenvalue weighted by Crippen LogP contribution is 2.32. The fourth-order valence-corrected chi connectivity index (χ4v) is 3.12. The Morgan fingerprint density at radius 2 is 1.92 bits per heavy atom.